The van der Waals surface area contributed by atoms with Crippen molar-refractivity contribution in [2.24, 2.45) is 11.3 Å². The minimum atomic E-state index is -3.57. The van der Waals surface area contributed by atoms with Crippen LogP contribution in [0.4, 0.5) is 0 Å². The monoisotopic (exact) mass is 486 g/mol. The van der Waals surface area contributed by atoms with Gasteiger partial charge in [0.05, 0.1) is 5.75 Å². The molecule has 5 heteroatoms. The molecule has 0 amide bonds. The Kier molecular flexibility index (Phi) is 8.79. The molecule has 1 atom stereocenters. The molecule has 2 aromatic carbocycles. The van der Waals surface area contributed by atoms with Crippen LogP contribution in [0.25, 0.3) is 0 Å². The van der Waals surface area contributed by atoms with Crippen LogP contribution in [-0.4, -0.2) is 20.0 Å². The predicted octanol–water partition coefficient (Wildman–Crippen LogP) is 6.93. The molecule has 0 aliphatic rings. The molecule has 34 heavy (non-hydrogen) atoms. The lowest BCUT2D eigenvalue weighted by atomic mass is 9.69. The van der Waals surface area contributed by atoms with Gasteiger partial charge in [0, 0.05) is 16.7 Å². The zero-order valence-electron chi connectivity index (χ0n) is 22.4. The third-order valence-corrected chi connectivity index (χ3v) is 8.25. The van der Waals surface area contributed by atoms with Crippen molar-refractivity contribution in [2.75, 3.05) is 5.75 Å². The molecule has 0 spiro atoms. The number of ketones is 1. The Morgan fingerprint density at radius 2 is 1.44 bits per heavy atom. The van der Waals surface area contributed by atoms with Crippen molar-refractivity contribution in [3.05, 3.63) is 64.2 Å². The molecular weight excluding hydrogens is 444 g/mol. The quantitative estimate of drug-likeness (QED) is 0.342. The molecule has 0 aliphatic carbocycles. The van der Waals surface area contributed by atoms with E-state index in [0.717, 1.165) is 30.4 Å². The SMILES string of the molecule is CCC(CC)(c1ccc(CC(C)C(=O)C(C)(C)C)c(C)c1)c1ccc(OS(=O)(=O)CC)c(C)c1. The number of hydrogen-bond acceptors (Lipinski definition) is 4. The maximum atomic E-state index is 12.7. The molecule has 0 saturated carbocycles. The van der Waals surface area contributed by atoms with Gasteiger partial charge in [0.25, 0.3) is 0 Å². The molecule has 188 valence electrons. The summed E-state index contributed by atoms with van der Waals surface area (Å²) < 4.78 is 29.2. The largest absolute Gasteiger partial charge is 0.382 e. The van der Waals surface area contributed by atoms with E-state index in [-0.39, 0.29) is 28.3 Å². The van der Waals surface area contributed by atoms with Gasteiger partial charge in [-0.2, -0.15) is 8.42 Å². The van der Waals surface area contributed by atoms with Gasteiger partial charge in [-0.3, -0.25) is 4.79 Å². The van der Waals surface area contributed by atoms with Gasteiger partial charge in [0.2, 0.25) is 0 Å². The number of Topliss-reactive ketones (excluding diaryl/α,β-unsaturated/α-hetero) is 1. The lowest BCUT2D eigenvalue weighted by Gasteiger charge is -2.34. The van der Waals surface area contributed by atoms with Gasteiger partial charge in [-0.05, 0) is 73.9 Å². The molecule has 0 aromatic heterocycles. The predicted molar refractivity (Wildman–Crippen MR) is 141 cm³/mol. The van der Waals surface area contributed by atoms with Gasteiger partial charge >= 0.3 is 10.1 Å². The molecule has 2 aromatic rings. The molecule has 0 aliphatic heterocycles. The van der Waals surface area contributed by atoms with Crippen LogP contribution in [0, 0.1) is 25.2 Å². The van der Waals surface area contributed by atoms with E-state index in [2.05, 4.69) is 45.0 Å². The maximum Gasteiger partial charge on any atom is 0.308 e. The Balaban J connectivity index is 2.43. The molecule has 0 fully saturated rings. The molecule has 0 saturated heterocycles. The van der Waals surface area contributed by atoms with Crippen molar-refractivity contribution in [1.82, 2.24) is 0 Å². The van der Waals surface area contributed by atoms with E-state index < -0.39 is 10.1 Å². The van der Waals surface area contributed by atoms with Crippen LogP contribution in [0.15, 0.2) is 36.4 Å². The number of hydrogen-bond donors (Lipinski definition) is 0. The first-order valence-corrected chi connectivity index (χ1v) is 14.0. The Morgan fingerprint density at radius 1 is 0.912 bits per heavy atom. The molecular formula is C29H42O4S. The van der Waals surface area contributed by atoms with Crippen LogP contribution in [0.2, 0.25) is 0 Å². The summed E-state index contributed by atoms with van der Waals surface area (Å²) in [6.07, 6.45) is 2.56. The number of carbonyl (C=O) groups excluding carboxylic acids is 1. The Morgan fingerprint density at radius 3 is 1.88 bits per heavy atom. The molecule has 0 N–H and O–H groups in total. The van der Waals surface area contributed by atoms with Crippen molar-refractivity contribution < 1.29 is 17.4 Å². The van der Waals surface area contributed by atoms with Gasteiger partial charge in [0.1, 0.15) is 11.5 Å². The Bertz CT molecular complexity index is 1120. The summed E-state index contributed by atoms with van der Waals surface area (Å²) in [4.78, 5) is 12.7. The zero-order chi connectivity index (χ0) is 25.9. The summed E-state index contributed by atoms with van der Waals surface area (Å²) in [6, 6.07) is 12.5. The van der Waals surface area contributed by atoms with E-state index in [1.165, 1.54) is 16.7 Å². The van der Waals surface area contributed by atoms with E-state index in [0.29, 0.717) is 5.75 Å². The third kappa shape index (κ3) is 6.10. The molecule has 0 bridgehead atoms. The maximum absolute atomic E-state index is 12.7. The van der Waals surface area contributed by atoms with Crippen molar-refractivity contribution in [3.8, 4) is 5.75 Å². The van der Waals surface area contributed by atoms with Gasteiger partial charge in [-0.15, -0.1) is 0 Å². The zero-order valence-corrected chi connectivity index (χ0v) is 23.2. The summed E-state index contributed by atoms with van der Waals surface area (Å²) >= 11 is 0. The van der Waals surface area contributed by atoms with Crippen molar-refractivity contribution in [2.45, 2.75) is 87.0 Å². The van der Waals surface area contributed by atoms with Crippen LogP contribution in [0.1, 0.15) is 89.1 Å². The number of rotatable bonds is 10. The first-order chi connectivity index (χ1) is 15.7. The second-order valence-electron chi connectivity index (χ2n) is 10.6. The van der Waals surface area contributed by atoms with Crippen LogP contribution >= 0.6 is 0 Å². The molecule has 1 unspecified atom stereocenters. The number of benzene rings is 2. The highest BCUT2D eigenvalue weighted by Gasteiger charge is 2.32. The molecule has 4 nitrogen and oxygen atoms in total. The van der Waals surface area contributed by atoms with Gasteiger partial charge in [-0.25, -0.2) is 0 Å². The summed E-state index contributed by atoms with van der Waals surface area (Å²) in [5, 5.41) is 0. The van der Waals surface area contributed by atoms with E-state index in [4.69, 9.17) is 4.18 Å². The molecule has 2 rings (SSSR count). The molecule has 0 heterocycles. The van der Waals surface area contributed by atoms with Crippen molar-refractivity contribution in [3.63, 3.8) is 0 Å². The average molecular weight is 487 g/mol. The van der Waals surface area contributed by atoms with Crippen LogP contribution < -0.4 is 4.18 Å². The fourth-order valence-corrected chi connectivity index (χ4v) is 5.43. The van der Waals surface area contributed by atoms with E-state index >= 15 is 0 Å². The minimum absolute atomic E-state index is 0.0266. The van der Waals surface area contributed by atoms with Gasteiger partial charge in [0.15, 0.2) is 0 Å². The highest BCUT2D eigenvalue weighted by Crippen LogP contribution is 2.41. The standard InChI is InChI=1S/C29H42O4S/c1-10-29(11-2,25-15-16-26(21(5)19-25)33-34(31,32)12-3)24-14-13-23(20(4)18-24)17-22(6)27(30)28(7,8)9/h13-16,18-19,22H,10-12,17H2,1-9H3. The smallest absolute Gasteiger partial charge is 0.308 e. The third-order valence-electron chi connectivity index (χ3n) is 7.11. The lowest BCUT2D eigenvalue weighted by molar-refractivity contribution is -0.129. The number of carbonyl (C=O) groups is 1. The second kappa shape index (κ2) is 10.6. The second-order valence-corrected chi connectivity index (χ2v) is 12.4. The lowest BCUT2D eigenvalue weighted by Crippen LogP contribution is -2.28. The van der Waals surface area contributed by atoms with Gasteiger partial charge < -0.3 is 4.18 Å². The average Bonchev–Trinajstić information content (AvgIpc) is 2.77. The summed E-state index contributed by atoms with van der Waals surface area (Å²) in [5.74, 6) is 0.584. The summed E-state index contributed by atoms with van der Waals surface area (Å²) in [5.41, 5.74) is 5.08. The van der Waals surface area contributed by atoms with Crippen molar-refractivity contribution >= 4 is 15.9 Å². The van der Waals surface area contributed by atoms with Gasteiger partial charge in [-0.1, -0.05) is 71.9 Å². The molecule has 0 radical (unpaired) electrons. The number of aryl methyl sites for hydroxylation is 2. The summed E-state index contributed by atoms with van der Waals surface area (Å²) in [7, 11) is -3.57. The Hall–Kier alpha value is -2.14. The fourth-order valence-electron chi connectivity index (χ4n) is 4.85. The first-order valence-electron chi connectivity index (χ1n) is 12.4. The highest BCUT2D eigenvalue weighted by molar-refractivity contribution is 7.87. The normalized spacial score (nSPS) is 13.6. The van der Waals surface area contributed by atoms with E-state index in [1.54, 1.807) is 13.0 Å². The van der Waals surface area contributed by atoms with Crippen LogP contribution in [0.5, 0.6) is 5.75 Å². The highest BCUT2D eigenvalue weighted by atomic mass is 32.2. The summed E-state index contributed by atoms with van der Waals surface area (Å²) in [6.45, 7) is 17.9. The fraction of sp³-hybridized carbons (Fsp3) is 0.552. The first kappa shape index (κ1) is 28.1. The van der Waals surface area contributed by atoms with Crippen LogP contribution in [0.3, 0.4) is 0 Å². The van der Waals surface area contributed by atoms with Crippen LogP contribution in [-0.2, 0) is 26.7 Å². The van der Waals surface area contributed by atoms with E-state index in [1.807, 2.05) is 40.7 Å². The Labute approximate surface area is 207 Å². The van der Waals surface area contributed by atoms with E-state index in [9.17, 15) is 13.2 Å². The topological polar surface area (TPSA) is 60.4 Å². The van der Waals surface area contributed by atoms with Crippen molar-refractivity contribution in [1.29, 1.82) is 0 Å². The minimum Gasteiger partial charge on any atom is -0.382 e.